The zero-order valence-electron chi connectivity index (χ0n) is 19.0. The number of hydrogen-bond acceptors (Lipinski definition) is 7. The molecule has 0 saturated carbocycles. The minimum Gasteiger partial charge on any atom is -0.486 e. The number of fused-ring (bicyclic) bond motifs is 1. The van der Waals surface area contributed by atoms with Crippen molar-refractivity contribution in [3.05, 3.63) is 58.4 Å². The second-order valence-corrected chi connectivity index (χ2v) is 9.03. The lowest BCUT2D eigenvalue weighted by atomic mass is 9.87. The van der Waals surface area contributed by atoms with Gasteiger partial charge in [0.2, 0.25) is 0 Å². The third kappa shape index (κ3) is 3.52. The smallest absolute Gasteiger partial charge is 0.181 e. The van der Waals surface area contributed by atoms with Crippen LogP contribution in [0.5, 0.6) is 5.75 Å². The van der Waals surface area contributed by atoms with Gasteiger partial charge in [-0.1, -0.05) is 22.9 Å². The Morgan fingerprint density at radius 1 is 1.24 bits per heavy atom. The molecule has 1 aliphatic rings. The van der Waals surface area contributed by atoms with Crippen LogP contribution in [0.1, 0.15) is 43.0 Å². The van der Waals surface area contributed by atoms with E-state index in [0.29, 0.717) is 38.9 Å². The molecule has 4 aromatic rings. The summed E-state index contributed by atoms with van der Waals surface area (Å²) >= 11 is 6.92. The number of halogens is 1. The van der Waals surface area contributed by atoms with E-state index in [9.17, 15) is 5.11 Å². The highest BCUT2D eigenvalue weighted by atomic mass is 35.5. The average molecular weight is 468 g/mol. The van der Waals surface area contributed by atoms with E-state index in [0.717, 1.165) is 30.8 Å². The van der Waals surface area contributed by atoms with Gasteiger partial charge in [0.05, 0.1) is 34.7 Å². The Labute approximate surface area is 196 Å². The zero-order chi connectivity index (χ0) is 23.3. The highest BCUT2D eigenvalue weighted by Gasteiger charge is 2.39. The van der Waals surface area contributed by atoms with Crippen molar-refractivity contribution in [1.82, 2.24) is 29.9 Å². The Balaban J connectivity index is 1.73. The third-order valence-corrected chi connectivity index (χ3v) is 6.34. The Morgan fingerprint density at radius 2 is 2.03 bits per heavy atom. The topological polar surface area (TPSA) is 105 Å². The number of ether oxygens (including phenoxy) is 1. The minimum absolute atomic E-state index is 0.0598. The molecule has 33 heavy (non-hydrogen) atoms. The van der Waals surface area contributed by atoms with Crippen LogP contribution in [0, 0.1) is 6.92 Å². The predicted octanol–water partition coefficient (Wildman–Crippen LogP) is 3.33. The molecule has 2 N–H and O–H groups in total. The number of imidazole rings is 1. The van der Waals surface area contributed by atoms with Gasteiger partial charge < -0.3 is 19.7 Å². The number of pyridine rings is 1. The summed E-state index contributed by atoms with van der Waals surface area (Å²) in [6.07, 6.45) is 4.22. The predicted molar refractivity (Wildman–Crippen MR) is 126 cm³/mol. The summed E-state index contributed by atoms with van der Waals surface area (Å²) in [4.78, 5) is 14.5. The Morgan fingerprint density at radius 3 is 2.61 bits per heavy atom. The van der Waals surface area contributed by atoms with Crippen molar-refractivity contribution in [3.8, 4) is 5.75 Å². The fraction of sp³-hybridized carbons (Fsp3) is 0.391. The molecule has 0 amide bonds. The van der Waals surface area contributed by atoms with Crippen molar-refractivity contribution in [1.29, 1.82) is 0 Å². The first kappa shape index (κ1) is 21.7. The van der Waals surface area contributed by atoms with E-state index in [1.807, 2.05) is 39.0 Å². The fourth-order valence-electron chi connectivity index (χ4n) is 4.17. The number of nitrogens with zero attached hydrogens (tertiary/aromatic N) is 6. The molecule has 5 rings (SSSR count). The standard InChI is InChI=1S/C23H26ClN7O2/c1-13(2)33-21-20(24)16-10-15(6-7-17(16)28-22(21)31-8-5-9-31)23(32,18-11-25-14(3)27-18)19-12-26-29-30(19)4/h6-7,10-13,32H,5,8-9H2,1-4H3,(H,25,27). The molecule has 0 radical (unpaired) electrons. The Bertz CT molecular complexity index is 1330. The summed E-state index contributed by atoms with van der Waals surface area (Å²) in [6, 6.07) is 5.57. The molecule has 1 saturated heterocycles. The number of aromatic amines is 1. The van der Waals surface area contributed by atoms with Gasteiger partial charge in [-0.3, -0.25) is 0 Å². The quantitative estimate of drug-likeness (QED) is 0.448. The maximum Gasteiger partial charge on any atom is 0.181 e. The van der Waals surface area contributed by atoms with Crippen LogP contribution >= 0.6 is 11.6 Å². The first-order chi connectivity index (χ1) is 15.8. The normalized spacial score (nSPS) is 15.7. The van der Waals surface area contributed by atoms with Crippen molar-refractivity contribution in [2.45, 2.75) is 38.9 Å². The van der Waals surface area contributed by atoms with E-state index in [1.54, 1.807) is 24.1 Å². The molecule has 4 heterocycles. The molecule has 1 aromatic carbocycles. The first-order valence-corrected chi connectivity index (χ1v) is 11.3. The van der Waals surface area contributed by atoms with Gasteiger partial charge in [0.1, 0.15) is 11.5 Å². The van der Waals surface area contributed by atoms with Gasteiger partial charge in [-0.2, -0.15) is 0 Å². The molecular weight excluding hydrogens is 442 g/mol. The van der Waals surface area contributed by atoms with Gasteiger partial charge in [-0.15, -0.1) is 5.10 Å². The van der Waals surface area contributed by atoms with E-state index >= 15 is 0 Å². The molecule has 1 aliphatic heterocycles. The van der Waals surface area contributed by atoms with Crippen molar-refractivity contribution in [2.75, 3.05) is 18.0 Å². The first-order valence-electron chi connectivity index (χ1n) is 10.9. The number of aromatic nitrogens is 6. The molecule has 0 spiro atoms. The maximum atomic E-state index is 12.1. The van der Waals surface area contributed by atoms with E-state index in [2.05, 4.69) is 25.2 Å². The second kappa shape index (κ2) is 8.00. The monoisotopic (exact) mass is 467 g/mol. The molecule has 0 bridgehead atoms. The molecule has 0 aliphatic carbocycles. The lowest BCUT2D eigenvalue weighted by Gasteiger charge is -2.34. The van der Waals surface area contributed by atoms with Crippen molar-refractivity contribution in [2.24, 2.45) is 7.05 Å². The second-order valence-electron chi connectivity index (χ2n) is 8.65. The van der Waals surface area contributed by atoms with Crippen LogP contribution in [-0.4, -0.2) is 54.2 Å². The van der Waals surface area contributed by atoms with Crippen molar-refractivity contribution in [3.63, 3.8) is 0 Å². The number of aryl methyl sites for hydroxylation is 2. The highest BCUT2D eigenvalue weighted by molar-refractivity contribution is 6.37. The largest absolute Gasteiger partial charge is 0.486 e. The number of hydrogen-bond donors (Lipinski definition) is 2. The zero-order valence-corrected chi connectivity index (χ0v) is 19.8. The van der Waals surface area contributed by atoms with Crippen molar-refractivity contribution < 1.29 is 9.84 Å². The van der Waals surface area contributed by atoms with E-state index in [4.69, 9.17) is 21.3 Å². The fourth-order valence-corrected chi connectivity index (χ4v) is 4.45. The van der Waals surface area contributed by atoms with Gasteiger partial charge in [0.25, 0.3) is 0 Å². The van der Waals surface area contributed by atoms with Crippen LogP contribution in [-0.2, 0) is 12.6 Å². The van der Waals surface area contributed by atoms with Crippen LogP contribution < -0.4 is 9.64 Å². The highest BCUT2D eigenvalue weighted by Crippen LogP contribution is 2.43. The number of rotatable bonds is 6. The molecule has 1 unspecified atom stereocenters. The molecular formula is C23H26ClN7O2. The summed E-state index contributed by atoms with van der Waals surface area (Å²) in [6.45, 7) is 7.61. The van der Waals surface area contributed by atoms with E-state index in [-0.39, 0.29) is 6.10 Å². The van der Waals surface area contributed by atoms with Crippen LogP contribution in [0.25, 0.3) is 10.9 Å². The number of aliphatic hydroxyl groups is 1. The van der Waals surface area contributed by atoms with Gasteiger partial charge in [0.15, 0.2) is 17.2 Å². The summed E-state index contributed by atoms with van der Waals surface area (Å²) in [5, 5.41) is 21.3. The SMILES string of the molecule is Cc1ncc(C(O)(c2ccc3nc(N4CCC4)c(OC(C)C)c(Cl)c3c2)c2cnnn2C)[nH]1. The van der Waals surface area contributed by atoms with Crippen LogP contribution in [0.15, 0.2) is 30.6 Å². The molecule has 10 heteroatoms. The maximum absolute atomic E-state index is 12.1. The van der Waals surface area contributed by atoms with Gasteiger partial charge in [-0.05, 0) is 44.9 Å². The molecule has 1 fully saturated rings. The lowest BCUT2D eigenvalue weighted by Crippen LogP contribution is -2.38. The summed E-state index contributed by atoms with van der Waals surface area (Å²) in [5.74, 6) is 2.01. The van der Waals surface area contributed by atoms with Crippen molar-refractivity contribution >= 4 is 28.3 Å². The Hall–Kier alpha value is -3.17. The molecule has 9 nitrogen and oxygen atoms in total. The number of anilines is 1. The summed E-state index contributed by atoms with van der Waals surface area (Å²) in [7, 11) is 1.74. The molecule has 172 valence electrons. The number of H-pyrrole nitrogens is 1. The lowest BCUT2D eigenvalue weighted by molar-refractivity contribution is 0.112. The van der Waals surface area contributed by atoms with Gasteiger partial charge in [-0.25, -0.2) is 14.6 Å². The Kier molecular flexibility index (Phi) is 5.25. The number of benzene rings is 1. The number of nitrogens with one attached hydrogen (secondary N) is 1. The molecule has 3 aromatic heterocycles. The minimum atomic E-state index is -1.58. The van der Waals surface area contributed by atoms with Crippen LogP contribution in [0.3, 0.4) is 0 Å². The van der Waals surface area contributed by atoms with E-state index < -0.39 is 5.60 Å². The van der Waals surface area contributed by atoms with Crippen LogP contribution in [0.2, 0.25) is 5.02 Å². The average Bonchev–Trinajstić information content (AvgIpc) is 3.37. The summed E-state index contributed by atoms with van der Waals surface area (Å²) in [5.41, 5.74) is 0.731. The summed E-state index contributed by atoms with van der Waals surface area (Å²) < 4.78 is 7.65. The van der Waals surface area contributed by atoms with Gasteiger partial charge >= 0.3 is 0 Å². The molecule has 1 atom stereocenters. The van der Waals surface area contributed by atoms with E-state index in [1.165, 1.54) is 0 Å². The van der Waals surface area contributed by atoms with Gasteiger partial charge in [0, 0.05) is 25.5 Å². The third-order valence-electron chi connectivity index (χ3n) is 5.97. The van der Waals surface area contributed by atoms with Crippen LogP contribution in [0.4, 0.5) is 5.82 Å².